The summed E-state index contributed by atoms with van der Waals surface area (Å²) in [5, 5.41) is 13.0. The van der Waals surface area contributed by atoms with Crippen molar-refractivity contribution in [1.82, 2.24) is 20.1 Å². The van der Waals surface area contributed by atoms with Crippen molar-refractivity contribution >= 4 is 11.7 Å². The van der Waals surface area contributed by atoms with E-state index in [1.807, 2.05) is 4.90 Å². The summed E-state index contributed by atoms with van der Waals surface area (Å²) < 4.78 is 0. The number of nitrogens with zero attached hydrogens (tertiary/aromatic N) is 4. The first-order valence-electron chi connectivity index (χ1n) is 8.61. The van der Waals surface area contributed by atoms with Crippen molar-refractivity contribution in [1.29, 1.82) is 5.41 Å². The van der Waals surface area contributed by atoms with Crippen molar-refractivity contribution in [2.24, 2.45) is 16.6 Å². The van der Waals surface area contributed by atoms with Gasteiger partial charge in [0.05, 0.1) is 17.2 Å². The average Bonchev–Trinajstić information content (AvgIpc) is 2.56. The molecule has 2 aliphatic rings. The maximum Gasteiger partial charge on any atom is 0.122 e. The molecule has 0 aromatic heterocycles. The Morgan fingerprint density at radius 3 is 2.48 bits per heavy atom. The van der Waals surface area contributed by atoms with E-state index in [0.717, 1.165) is 57.8 Å². The van der Waals surface area contributed by atoms with E-state index in [0.29, 0.717) is 17.2 Å². The van der Waals surface area contributed by atoms with Crippen LogP contribution < -0.4 is 16.9 Å². The van der Waals surface area contributed by atoms with E-state index < -0.39 is 0 Å². The Balaban J connectivity index is 2.13. The molecule has 2 rings (SSSR count). The fraction of sp³-hybridized carbons (Fsp3) is 0.529. The zero-order valence-corrected chi connectivity index (χ0v) is 15.1. The highest BCUT2D eigenvalue weighted by Gasteiger charge is 2.17. The van der Waals surface area contributed by atoms with Crippen LogP contribution in [0.1, 0.15) is 19.3 Å². The number of nitrogens with two attached hydrogens (primary N) is 2. The zero-order valence-electron chi connectivity index (χ0n) is 15.1. The van der Waals surface area contributed by atoms with Crippen molar-refractivity contribution in [3.05, 3.63) is 36.4 Å². The highest BCUT2D eigenvalue weighted by Crippen LogP contribution is 2.15. The molecule has 0 bridgehead atoms. The monoisotopic (exact) mass is 346 g/mol. The van der Waals surface area contributed by atoms with E-state index >= 15 is 0 Å². The topological polar surface area (TPSA) is 110 Å². The van der Waals surface area contributed by atoms with Crippen LogP contribution in [-0.4, -0.2) is 66.3 Å². The van der Waals surface area contributed by atoms with Crippen molar-refractivity contribution in [2.45, 2.75) is 19.3 Å². The summed E-state index contributed by atoms with van der Waals surface area (Å²) in [5.74, 6) is 7.48. The summed E-state index contributed by atoms with van der Waals surface area (Å²) in [6.45, 7) is 12.0. The normalized spacial score (nSPS) is 21.4. The first-order valence-corrected chi connectivity index (χ1v) is 8.61. The van der Waals surface area contributed by atoms with E-state index in [1.54, 1.807) is 11.1 Å². The summed E-state index contributed by atoms with van der Waals surface area (Å²) in [5.41, 5.74) is 6.77. The molecule has 25 heavy (non-hydrogen) atoms. The number of rotatable bonds is 5. The molecule has 2 heterocycles. The molecular formula is C17H30N8. The molecule has 8 heteroatoms. The molecule has 138 valence electrons. The van der Waals surface area contributed by atoms with Crippen molar-refractivity contribution in [3.63, 3.8) is 0 Å². The van der Waals surface area contributed by atoms with E-state index in [-0.39, 0.29) is 5.82 Å². The summed E-state index contributed by atoms with van der Waals surface area (Å²) >= 11 is 0. The largest absolute Gasteiger partial charge is 0.386 e. The second kappa shape index (κ2) is 8.68. The lowest BCUT2D eigenvalue weighted by molar-refractivity contribution is 0.215. The predicted octanol–water partition coefficient (Wildman–Crippen LogP) is 0.386. The minimum absolute atomic E-state index is 0.284. The number of hydrogen-bond donors (Lipinski definition) is 4. The SMILES string of the molecule is C=C(N)NC(=CC(=N)N1CCN(C)CC1)C(=C)N=C1CCCCN1N. The van der Waals surface area contributed by atoms with Gasteiger partial charge in [0.1, 0.15) is 11.7 Å². The molecule has 2 saturated heterocycles. The minimum Gasteiger partial charge on any atom is -0.386 e. The van der Waals surface area contributed by atoms with Gasteiger partial charge in [-0.2, -0.15) is 0 Å². The van der Waals surface area contributed by atoms with Gasteiger partial charge in [-0.25, -0.2) is 10.8 Å². The molecule has 0 atom stereocenters. The van der Waals surface area contributed by atoms with Crippen molar-refractivity contribution in [3.8, 4) is 0 Å². The number of piperazine rings is 1. The molecule has 0 unspecified atom stereocenters. The molecule has 0 spiro atoms. The quantitative estimate of drug-likeness (QED) is 0.248. The van der Waals surface area contributed by atoms with E-state index in [2.05, 4.69) is 35.4 Å². The van der Waals surface area contributed by atoms with Gasteiger partial charge in [0.2, 0.25) is 0 Å². The Hall–Kier alpha value is -2.32. The number of hydrogen-bond acceptors (Lipinski definition) is 6. The van der Waals surface area contributed by atoms with Crippen molar-refractivity contribution in [2.75, 3.05) is 39.8 Å². The molecule has 2 aliphatic heterocycles. The second-order valence-corrected chi connectivity index (χ2v) is 6.51. The Bertz CT molecular complexity index is 583. The van der Waals surface area contributed by atoms with Gasteiger partial charge in [0, 0.05) is 45.2 Å². The number of nitrogens with one attached hydrogen (secondary N) is 2. The molecule has 0 radical (unpaired) electrons. The number of likely N-dealkylation sites (N-methyl/N-ethyl adjacent to an activating group) is 1. The molecule has 0 aromatic rings. The Kier molecular flexibility index (Phi) is 6.60. The summed E-state index contributed by atoms with van der Waals surface area (Å²) in [6.07, 6.45) is 4.66. The molecule has 0 aromatic carbocycles. The van der Waals surface area contributed by atoms with Crippen LogP contribution in [0.4, 0.5) is 0 Å². The lowest BCUT2D eigenvalue weighted by Gasteiger charge is -2.33. The Morgan fingerprint density at radius 2 is 1.88 bits per heavy atom. The molecule has 6 N–H and O–H groups in total. The first kappa shape index (κ1) is 19.0. The van der Waals surface area contributed by atoms with Crippen LogP contribution >= 0.6 is 0 Å². The fourth-order valence-corrected chi connectivity index (χ4v) is 2.81. The van der Waals surface area contributed by atoms with Gasteiger partial charge in [-0.1, -0.05) is 13.2 Å². The van der Waals surface area contributed by atoms with Crippen LogP contribution in [0.15, 0.2) is 41.4 Å². The van der Waals surface area contributed by atoms with Crippen LogP contribution in [0.3, 0.4) is 0 Å². The molecule has 0 amide bonds. The van der Waals surface area contributed by atoms with E-state index in [4.69, 9.17) is 17.0 Å². The molecule has 2 fully saturated rings. The third-order valence-corrected chi connectivity index (χ3v) is 4.38. The second-order valence-electron chi connectivity index (χ2n) is 6.51. The summed E-state index contributed by atoms with van der Waals surface area (Å²) in [7, 11) is 2.09. The molecule has 0 saturated carbocycles. The third kappa shape index (κ3) is 5.61. The van der Waals surface area contributed by atoms with Crippen LogP contribution in [0, 0.1) is 5.41 Å². The zero-order chi connectivity index (χ0) is 18.4. The summed E-state index contributed by atoms with van der Waals surface area (Å²) in [6, 6.07) is 0. The number of piperidine rings is 1. The van der Waals surface area contributed by atoms with E-state index in [9.17, 15) is 0 Å². The Morgan fingerprint density at radius 1 is 1.20 bits per heavy atom. The van der Waals surface area contributed by atoms with Crippen LogP contribution in [0.5, 0.6) is 0 Å². The molecular weight excluding hydrogens is 316 g/mol. The highest BCUT2D eigenvalue weighted by atomic mass is 15.4. The predicted molar refractivity (Wildman–Crippen MR) is 103 cm³/mol. The lowest BCUT2D eigenvalue weighted by Crippen LogP contribution is -2.46. The van der Waals surface area contributed by atoms with Crippen LogP contribution in [-0.2, 0) is 0 Å². The standard InChI is InChI=1S/C17H30N8/c1-13(21-17-6-4-5-7-25(17)20)15(22-14(2)18)12-16(19)24-10-8-23(3)9-11-24/h12,19,22H,1-2,4-11,18,20H2,3H3. The smallest absolute Gasteiger partial charge is 0.122 e. The lowest BCUT2D eigenvalue weighted by atomic mass is 10.1. The van der Waals surface area contributed by atoms with Gasteiger partial charge in [0.25, 0.3) is 0 Å². The highest BCUT2D eigenvalue weighted by molar-refractivity contribution is 5.92. The number of amidine groups is 2. The van der Waals surface area contributed by atoms with Crippen molar-refractivity contribution < 1.29 is 0 Å². The molecule has 0 aliphatic carbocycles. The average molecular weight is 346 g/mol. The van der Waals surface area contributed by atoms with Crippen LogP contribution in [0.2, 0.25) is 0 Å². The first-order chi connectivity index (χ1) is 11.9. The van der Waals surface area contributed by atoms with Gasteiger partial charge >= 0.3 is 0 Å². The van der Waals surface area contributed by atoms with Gasteiger partial charge in [-0.3, -0.25) is 10.4 Å². The van der Waals surface area contributed by atoms with Gasteiger partial charge < -0.3 is 20.9 Å². The van der Waals surface area contributed by atoms with Gasteiger partial charge in [-0.15, -0.1) is 0 Å². The van der Waals surface area contributed by atoms with E-state index in [1.165, 1.54) is 0 Å². The Labute approximate surface area is 150 Å². The van der Waals surface area contributed by atoms with Gasteiger partial charge in [-0.05, 0) is 19.9 Å². The maximum atomic E-state index is 8.37. The van der Waals surface area contributed by atoms with Gasteiger partial charge in [0.15, 0.2) is 0 Å². The fourth-order valence-electron chi connectivity index (χ4n) is 2.81. The summed E-state index contributed by atoms with van der Waals surface area (Å²) in [4.78, 5) is 8.83. The molecule has 8 nitrogen and oxygen atoms in total. The minimum atomic E-state index is 0.284. The van der Waals surface area contributed by atoms with Crippen LogP contribution in [0.25, 0.3) is 0 Å². The maximum absolute atomic E-state index is 8.37. The third-order valence-electron chi connectivity index (χ3n) is 4.38. The number of aliphatic imine (C=N–C) groups is 1. The number of hydrazine groups is 1.